The van der Waals surface area contributed by atoms with Gasteiger partial charge in [0.15, 0.2) is 0 Å². The smallest absolute Gasteiger partial charge is 0.397 e. The molecule has 3 rings (SSSR count). The molecule has 0 unspecified atom stereocenters. The second kappa shape index (κ2) is 5.87. The molecule has 0 aliphatic heterocycles. The molecule has 0 atom stereocenters. The predicted octanol–water partition coefficient (Wildman–Crippen LogP) is 5.34. The van der Waals surface area contributed by atoms with Gasteiger partial charge in [0.05, 0.1) is 22.5 Å². The summed E-state index contributed by atoms with van der Waals surface area (Å²) in [6.07, 6.45) is -3.09. The summed E-state index contributed by atoms with van der Waals surface area (Å²) in [5.41, 5.74) is 6.57. The number of alkyl halides is 3. The Hall–Kier alpha value is -2.47. The van der Waals surface area contributed by atoms with Crippen molar-refractivity contribution >= 4 is 39.6 Å². The minimum Gasteiger partial charge on any atom is -0.397 e. The van der Waals surface area contributed by atoms with E-state index in [4.69, 9.17) is 17.3 Å². The van der Waals surface area contributed by atoms with E-state index in [0.717, 1.165) is 11.6 Å². The van der Waals surface area contributed by atoms with Crippen LogP contribution in [-0.2, 0) is 6.18 Å². The van der Waals surface area contributed by atoms with Gasteiger partial charge in [-0.2, -0.15) is 13.2 Å². The fourth-order valence-electron chi connectivity index (χ4n) is 2.35. The Labute approximate surface area is 141 Å². The molecule has 0 aliphatic carbocycles. The molecule has 0 saturated carbocycles. The maximum atomic E-state index is 13.0. The van der Waals surface area contributed by atoms with Crippen molar-refractivity contribution in [2.75, 3.05) is 11.1 Å². The quantitative estimate of drug-likeness (QED) is 0.655. The number of hydrogen-bond donors (Lipinski definition) is 2. The Kier molecular flexibility index (Phi) is 4.01. The Balaban J connectivity index is 2.07. The lowest BCUT2D eigenvalue weighted by atomic mass is 10.1. The van der Waals surface area contributed by atoms with Crippen molar-refractivity contribution in [2.24, 2.45) is 0 Å². The van der Waals surface area contributed by atoms with E-state index in [-0.39, 0.29) is 10.7 Å². The first kappa shape index (κ1) is 16.4. The maximum absolute atomic E-state index is 13.0. The molecule has 24 heavy (non-hydrogen) atoms. The average Bonchev–Trinajstić information content (AvgIpc) is 2.51. The first-order valence-electron chi connectivity index (χ1n) is 6.96. The molecule has 1 heterocycles. The third-order valence-electron chi connectivity index (χ3n) is 3.50. The number of pyridine rings is 1. The summed E-state index contributed by atoms with van der Waals surface area (Å²) >= 11 is 5.63. The van der Waals surface area contributed by atoms with E-state index in [9.17, 15) is 13.2 Å². The summed E-state index contributed by atoms with van der Waals surface area (Å²) in [5.74, 6) is 0.394. The predicted molar refractivity (Wildman–Crippen MR) is 89.5 cm³/mol. The van der Waals surface area contributed by atoms with Crippen molar-refractivity contribution in [3.8, 4) is 0 Å². The highest BCUT2D eigenvalue weighted by molar-refractivity contribution is 6.31. The number of hydrogen-bond acceptors (Lipinski definition) is 3. The van der Waals surface area contributed by atoms with Gasteiger partial charge >= 0.3 is 6.18 Å². The number of nitrogens with one attached hydrogen (secondary N) is 1. The molecule has 2 aromatic carbocycles. The van der Waals surface area contributed by atoms with Crippen LogP contribution in [0, 0.1) is 13.0 Å². The average molecular weight is 351 g/mol. The fraction of sp³-hybridized carbons (Fsp3) is 0.118. The van der Waals surface area contributed by atoms with Crippen molar-refractivity contribution < 1.29 is 13.2 Å². The first-order chi connectivity index (χ1) is 11.3. The summed E-state index contributed by atoms with van der Waals surface area (Å²) in [7, 11) is 0. The van der Waals surface area contributed by atoms with Crippen LogP contribution in [0.15, 0.2) is 36.5 Å². The van der Waals surface area contributed by atoms with Gasteiger partial charge < -0.3 is 11.1 Å². The summed E-state index contributed by atoms with van der Waals surface area (Å²) in [6.45, 7) is 1.88. The number of nitrogens with zero attached hydrogens (tertiary/aromatic N) is 1. The van der Waals surface area contributed by atoms with Crippen LogP contribution in [-0.4, -0.2) is 4.98 Å². The van der Waals surface area contributed by atoms with Gasteiger partial charge in [-0.25, -0.2) is 4.98 Å². The number of aryl methyl sites for hydroxylation is 1. The van der Waals surface area contributed by atoms with Crippen LogP contribution >= 0.6 is 11.6 Å². The minimum absolute atomic E-state index is 0.228. The molecule has 3 aromatic rings. The zero-order valence-corrected chi connectivity index (χ0v) is 13.3. The van der Waals surface area contributed by atoms with Crippen LogP contribution in [0.1, 0.15) is 11.1 Å². The molecule has 1 radical (unpaired) electrons. The zero-order valence-electron chi connectivity index (χ0n) is 12.5. The molecule has 123 valence electrons. The molecule has 3 N–H and O–H groups in total. The van der Waals surface area contributed by atoms with E-state index in [0.29, 0.717) is 22.3 Å². The van der Waals surface area contributed by atoms with E-state index < -0.39 is 11.7 Å². The highest BCUT2D eigenvalue weighted by atomic mass is 35.5. The highest BCUT2D eigenvalue weighted by Crippen LogP contribution is 2.37. The molecular formula is C17H12ClF3N3. The number of benzene rings is 2. The lowest BCUT2D eigenvalue weighted by molar-refractivity contribution is -0.137. The van der Waals surface area contributed by atoms with Crippen LogP contribution in [0.5, 0.6) is 0 Å². The van der Waals surface area contributed by atoms with E-state index in [1.165, 1.54) is 18.3 Å². The Morgan fingerprint density at radius 1 is 1.21 bits per heavy atom. The number of nitrogen functional groups attached to an aromatic ring is 1. The zero-order chi connectivity index (χ0) is 17.5. The molecule has 3 nitrogen and oxygen atoms in total. The Morgan fingerprint density at radius 2 is 1.96 bits per heavy atom. The van der Waals surface area contributed by atoms with Gasteiger partial charge in [-0.3, -0.25) is 0 Å². The van der Waals surface area contributed by atoms with Crippen molar-refractivity contribution in [3.05, 3.63) is 58.7 Å². The number of halogens is 4. The second-order valence-corrected chi connectivity index (χ2v) is 5.72. The van der Waals surface area contributed by atoms with Gasteiger partial charge in [0, 0.05) is 16.5 Å². The van der Waals surface area contributed by atoms with Crippen LogP contribution in [0.2, 0.25) is 5.02 Å². The van der Waals surface area contributed by atoms with Crippen molar-refractivity contribution in [1.82, 2.24) is 4.98 Å². The highest BCUT2D eigenvalue weighted by Gasteiger charge is 2.33. The van der Waals surface area contributed by atoms with Crippen LogP contribution in [0.4, 0.5) is 30.4 Å². The summed E-state index contributed by atoms with van der Waals surface area (Å²) in [4.78, 5) is 4.18. The largest absolute Gasteiger partial charge is 0.417 e. The molecule has 1 aromatic heterocycles. The molecule has 0 amide bonds. The topological polar surface area (TPSA) is 50.9 Å². The maximum Gasteiger partial charge on any atom is 0.417 e. The van der Waals surface area contributed by atoms with Gasteiger partial charge in [-0.15, -0.1) is 0 Å². The molecule has 7 heteroatoms. The van der Waals surface area contributed by atoms with Crippen molar-refractivity contribution in [3.63, 3.8) is 0 Å². The Morgan fingerprint density at radius 3 is 2.67 bits per heavy atom. The molecule has 0 bridgehead atoms. The fourth-order valence-corrected chi connectivity index (χ4v) is 2.57. The third kappa shape index (κ3) is 3.10. The normalized spacial score (nSPS) is 11.7. The van der Waals surface area contributed by atoms with Crippen LogP contribution in [0.3, 0.4) is 0 Å². The van der Waals surface area contributed by atoms with Gasteiger partial charge in [0.2, 0.25) is 0 Å². The van der Waals surface area contributed by atoms with Crippen molar-refractivity contribution in [2.45, 2.75) is 13.1 Å². The number of nitrogens with two attached hydrogens (primary N) is 1. The van der Waals surface area contributed by atoms with E-state index in [1.54, 1.807) is 6.07 Å². The van der Waals surface area contributed by atoms with Gasteiger partial charge in [0.25, 0.3) is 0 Å². The lowest BCUT2D eigenvalue weighted by Gasteiger charge is -2.14. The van der Waals surface area contributed by atoms with Gasteiger partial charge in [0.1, 0.15) is 5.82 Å². The van der Waals surface area contributed by atoms with Crippen LogP contribution < -0.4 is 11.1 Å². The number of anilines is 3. The number of rotatable bonds is 2. The minimum atomic E-state index is -4.53. The van der Waals surface area contributed by atoms with E-state index in [2.05, 4.69) is 16.4 Å². The van der Waals surface area contributed by atoms with Crippen molar-refractivity contribution in [1.29, 1.82) is 0 Å². The summed E-state index contributed by atoms with van der Waals surface area (Å²) < 4.78 is 38.9. The lowest BCUT2D eigenvalue weighted by Crippen LogP contribution is -2.07. The molecular weight excluding hydrogens is 339 g/mol. The number of aromatic nitrogens is 1. The molecule has 0 aliphatic rings. The molecule has 0 spiro atoms. The van der Waals surface area contributed by atoms with Gasteiger partial charge in [-0.05, 0) is 36.8 Å². The second-order valence-electron chi connectivity index (χ2n) is 5.31. The van der Waals surface area contributed by atoms with E-state index in [1.807, 2.05) is 13.0 Å². The molecule has 0 saturated heterocycles. The van der Waals surface area contributed by atoms with Gasteiger partial charge in [-0.1, -0.05) is 23.7 Å². The van der Waals surface area contributed by atoms with Crippen LogP contribution in [0.25, 0.3) is 10.8 Å². The summed E-state index contributed by atoms with van der Waals surface area (Å²) in [6, 6.07) is 10.4. The SMILES string of the molecule is Cc1[c]c2c(N)cnc(Nc3ccc(Cl)c(C(F)(F)F)c3)c2cc1. The summed E-state index contributed by atoms with van der Waals surface area (Å²) in [5, 5.41) is 3.87. The van der Waals surface area contributed by atoms with E-state index >= 15 is 0 Å². The third-order valence-corrected chi connectivity index (χ3v) is 3.83. The molecule has 0 fully saturated rings. The first-order valence-corrected chi connectivity index (χ1v) is 7.34. The standard InChI is InChI=1S/C17H12ClF3N3/c1-9-2-4-11-12(6-9)15(22)8-23-16(11)24-10-3-5-14(18)13(7-10)17(19,20)21/h2-5,7-8H,22H2,1H3,(H,23,24). The number of fused-ring (bicyclic) bond motifs is 1. The Bertz CT molecular complexity index is 923. The monoisotopic (exact) mass is 350 g/mol.